The van der Waals surface area contributed by atoms with E-state index in [0.29, 0.717) is 11.5 Å². The average Bonchev–Trinajstić information content (AvgIpc) is 2.68. The van der Waals surface area contributed by atoms with E-state index in [1.54, 1.807) is 19.2 Å². The third-order valence-electron chi connectivity index (χ3n) is 1.76. The highest BCUT2D eigenvalue weighted by Gasteiger charge is 2.12. The van der Waals surface area contributed by atoms with Gasteiger partial charge in [0.15, 0.2) is 0 Å². The van der Waals surface area contributed by atoms with E-state index in [9.17, 15) is 5.11 Å². The van der Waals surface area contributed by atoms with Crippen LogP contribution in [-0.4, -0.2) is 20.2 Å². The number of rotatable bonds is 2. The average molecular weight is 270 g/mol. The molecule has 0 radical (unpaired) electrons. The maximum atomic E-state index is 9.20. The fraction of sp³-hybridized carbons (Fsp3) is 0.222. The van der Waals surface area contributed by atoms with Gasteiger partial charge in [-0.15, -0.1) is 0 Å². The normalized spacial score (nSPS) is 12.7. The first kappa shape index (κ1) is 10.3. The van der Waals surface area contributed by atoms with Gasteiger partial charge in [0.05, 0.1) is 0 Å². The topological polar surface area (TPSA) is 72.0 Å². The van der Waals surface area contributed by atoms with Crippen LogP contribution in [0.4, 0.5) is 0 Å². The summed E-state index contributed by atoms with van der Waals surface area (Å²) in [7, 11) is 0. The summed E-state index contributed by atoms with van der Waals surface area (Å²) in [6.07, 6.45) is 0.884. The summed E-state index contributed by atoms with van der Waals surface area (Å²) in [5.74, 6) is 0.563. The van der Waals surface area contributed by atoms with Crippen LogP contribution in [0.2, 0.25) is 0 Å². The molecule has 5 nitrogen and oxygen atoms in total. The maximum Gasteiger partial charge on any atom is 0.255 e. The quantitative estimate of drug-likeness (QED) is 0.902. The zero-order chi connectivity index (χ0) is 10.8. The van der Waals surface area contributed by atoms with Crippen molar-refractivity contribution in [3.63, 3.8) is 0 Å². The SMILES string of the molecule is C[C@H](O)c1nc(-c2ccc(Br)cn2)no1. The van der Waals surface area contributed by atoms with Gasteiger partial charge in [-0.1, -0.05) is 5.16 Å². The molecule has 0 aromatic carbocycles. The molecule has 0 bridgehead atoms. The minimum Gasteiger partial charge on any atom is -0.384 e. The van der Waals surface area contributed by atoms with Crippen LogP contribution < -0.4 is 0 Å². The summed E-state index contributed by atoms with van der Waals surface area (Å²) in [5, 5.41) is 12.9. The van der Waals surface area contributed by atoms with Gasteiger partial charge in [-0.3, -0.25) is 4.98 Å². The fourth-order valence-corrected chi connectivity index (χ4v) is 1.25. The first-order valence-corrected chi connectivity index (χ1v) is 5.09. The number of aliphatic hydroxyl groups excluding tert-OH is 1. The molecule has 1 N–H and O–H groups in total. The van der Waals surface area contributed by atoms with Crippen LogP contribution in [0.1, 0.15) is 18.9 Å². The Bertz CT molecular complexity index is 453. The first-order chi connectivity index (χ1) is 7.16. The van der Waals surface area contributed by atoms with E-state index in [-0.39, 0.29) is 5.89 Å². The van der Waals surface area contributed by atoms with Gasteiger partial charge in [-0.05, 0) is 35.0 Å². The molecule has 1 atom stereocenters. The van der Waals surface area contributed by atoms with Crippen molar-refractivity contribution < 1.29 is 9.63 Å². The molecule has 2 aromatic rings. The molecule has 0 amide bonds. The van der Waals surface area contributed by atoms with Crippen molar-refractivity contribution in [3.8, 4) is 11.5 Å². The van der Waals surface area contributed by atoms with Crippen LogP contribution in [0, 0.1) is 0 Å². The lowest BCUT2D eigenvalue weighted by Gasteiger charge is -1.93. The number of hydrogen-bond donors (Lipinski definition) is 1. The fourth-order valence-electron chi connectivity index (χ4n) is 1.02. The summed E-state index contributed by atoms with van der Waals surface area (Å²) in [4.78, 5) is 8.11. The number of aromatic nitrogens is 3. The van der Waals surface area contributed by atoms with Crippen molar-refractivity contribution in [1.29, 1.82) is 0 Å². The van der Waals surface area contributed by atoms with Crippen molar-refractivity contribution >= 4 is 15.9 Å². The van der Waals surface area contributed by atoms with Gasteiger partial charge in [0.1, 0.15) is 11.8 Å². The second-order valence-electron chi connectivity index (χ2n) is 2.99. The molecule has 0 spiro atoms. The molecule has 2 aromatic heterocycles. The van der Waals surface area contributed by atoms with Crippen LogP contribution in [-0.2, 0) is 0 Å². The predicted octanol–water partition coefficient (Wildman–Crippen LogP) is 1.95. The summed E-state index contributed by atoms with van der Waals surface area (Å²) in [6.45, 7) is 1.56. The van der Waals surface area contributed by atoms with Gasteiger partial charge in [0, 0.05) is 10.7 Å². The summed E-state index contributed by atoms with van der Waals surface area (Å²) < 4.78 is 5.73. The molecule has 0 saturated carbocycles. The molecule has 0 unspecified atom stereocenters. The molecule has 0 aliphatic heterocycles. The number of pyridine rings is 1. The Balaban J connectivity index is 2.33. The lowest BCUT2D eigenvalue weighted by atomic mass is 10.3. The Morgan fingerprint density at radius 1 is 1.47 bits per heavy atom. The molecule has 0 aliphatic carbocycles. The highest BCUT2D eigenvalue weighted by molar-refractivity contribution is 9.10. The van der Waals surface area contributed by atoms with Crippen LogP contribution in [0.15, 0.2) is 27.3 Å². The minimum absolute atomic E-state index is 0.190. The van der Waals surface area contributed by atoms with Crippen molar-refractivity contribution in [2.45, 2.75) is 13.0 Å². The van der Waals surface area contributed by atoms with E-state index in [1.807, 2.05) is 6.07 Å². The van der Waals surface area contributed by atoms with Gasteiger partial charge >= 0.3 is 0 Å². The highest BCUT2D eigenvalue weighted by Crippen LogP contribution is 2.17. The van der Waals surface area contributed by atoms with Crippen LogP contribution in [0.25, 0.3) is 11.5 Å². The highest BCUT2D eigenvalue weighted by atomic mass is 79.9. The molecule has 6 heteroatoms. The van der Waals surface area contributed by atoms with E-state index in [4.69, 9.17) is 4.52 Å². The Morgan fingerprint density at radius 3 is 2.80 bits per heavy atom. The molecule has 2 rings (SSSR count). The molecule has 15 heavy (non-hydrogen) atoms. The molecular weight excluding hydrogens is 262 g/mol. The van der Waals surface area contributed by atoms with E-state index >= 15 is 0 Å². The second-order valence-corrected chi connectivity index (χ2v) is 3.91. The van der Waals surface area contributed by atoms with E-state index in [0.717, 1.165) is 4.47 Å². The summed E-state index contributed by atoms with van der Waals surface area (Å²) in [6, 6.07) is 3.60. The Morgan fingerprint density at radius 2 is 2.27 bits per heavy atom. The molecule has 78 valence electrons. The van der Waals surface area contributed by atoms with Gasteiger partial charge in [0.25, 0.3) is 5.89 Å². The number of nitrogens with zero attached hydrogens (tertiary/aromatic N) is 3. The lowest BCUT2D eigenvalue weighted by Crippen LogP contribution is -1.91. The van der Waals surface area contributed by atoms with Gasteiger partial charge in [-0.2, -0.15) is 4.98 Å². The van der Waals surface area contributed by atoms with Crippen molar-refractivity contribution in [1.82, 2.24) is 15.1 Å². The molecule has 0 fully saturated rings. The van der Waals surface area contributed by atoms with Crippen LogP contribution in [0.5, 0.6) is 0 Å². The van der Waals surface area contributed by atoms with Gasteiger partial charge in [0.2, 0.25) is 5.82 Å². The zero-order valence-corrected chi connectivity index (χ0v) is 9.47. The van der Waals surface area contributed by atoms with E-state index in [2.05, 4.69) is 31.1 Å². The Kier molecular flexibility index (Phi) is 2.79. The van der Waals surface area contributed by atoms with Gasteiger partial charge < -0.3 is 9.63 Å². The van der Waals surface area contributed by atoms with Crippen molar-refractivity contribution in [2.24, 2.45) is 0 Å². The van der Waals surface area contributed by atoms with E-state index < -0.39 is 6.10 Å². The third kappa shape index (κ3) is 2.21. The number of halogens is 1. The molecule has 2 heterocycles. The van der Waals surface area contributed by atoms with Crippen LogP contribution in [0.3, 0.4) is 0 Å². The minimum atomic E-state index is -0.762. The van der Waals surface area contributed by atoms with Gasteiger partial charge in [-0.25, -0.2) is 0 Å². The van der Waals surface area contributed by atoms with Crippen molar-refractivity contribution in [2.75, 3.05) is 0 Å². The zero-order valence-electron chi connectivity index (χ0n) is 7.88. The molecule has 0 aliphatic rings. The van der Waals surface area contributed by atoms with E-state index in [1.165, 1.54) is 0 Å². The standard InChI is InChI=1S/C9H8BrN3O2/c1-5(14)9-12-8(13-15-9)7-3-2-6(10)4-11-7/h2-5,14H,1H3/t5-/m0/s1. The second kappa shape index (κ2) is 4.08. The molecular formula is C9H8BrN3O2. The number of hydrogen-bond acceptors (Lipinski definition) is 5. The first-order valence-electron chi connectivity index (χ1n) is 4.30. The lowest BCUT2D eigenvalue weighted by molar-refractivity contribution is 0.152. The molecule has 0 saturated heterocycles. The summed E-state index contributed by atoms with van der Waals surface area (Å²) in [5.41, 5.74) is 0.605. The predicted molar refractivity (Wildman–Crippen MR) is 55.9 cm³/mol. The largest absolute Gasteiger partial charge is 0.384 e. The number of aliphatic hydroxyl groups is 1. The Labute approximate surface area is 94.3 Å². The summed E-state index contributed by atoms with van der Waals surface area (Å²) >= 11 is 3.28. The third-order valence-corrected chi connectivity index (χ3v) is 2.22. The smallest absolute Gasteiger partial charge is 0.255 e. The maximum absolute atomic E-state index is 9.20. The monoisotopic (exact) mass is 269 g/mol. The Hall–Kier alpha value is -1.27. The van der Waals surface area contributed by atoms with Crippen LogP contribution >= 0.6 is 15.9 Å². The van der Waals surface area contributed by atoms with Crippen molar-refractivity contribution in [3.05, 3.63) is 28.7 Å².